The number of hydrogen-bond donors (Lipinski definition) is 2. The van der Waals surface area contributed by atoms with Crippen LogP contribution in [0.2, 0.25) is 0 Å². The van der Waals surface area contributed by atoms with Crippen LogP contribution >= 0.6 is 0 Å². The number of rotatable bonds is 3. The molecule has 19 heavy (non-hydrogen) atoms. The largest absolute Gasteiger partial charge is 0.481 e. The highest BCUT2D eigenvalue weighted by Gasteiger charge is 2.26. The van der Waals surface area contributed by atoms with Gasteiger partial charge in [-0.2, -0.15) is 0 Å². The molecule has 0 bridgehead atoms. The molecule has 0 spiro atoms. The summed E-state index contributed by atoms with van der Waals surface area (Å²) >= 11 is 0. The number of carboxylic acid groups (broad SMARTS) is 1. The van der Waals surface area contributed by atoms with Crippen molar-refractivity contribution in [1.82, 2.24) is 4.90 Å². The Bertz CT molecular complexity index is 513. The lowest BCUT2D eigenvalue weighted by Crippen LogP contribution is -2.39. The maximum absolute atomic E-state index is 12.2. The van der Waals surface area contributed by atoms with Crippen molar-refractivity contribution in [2.24, 2.45) is 0 Å². The fourth-order valence-electron chi connectivity index (χ4n) is 2.27. The molecule has 1 heterocycles. The average Bonchev–Trinajstić information content (AvgIpc) is 2.46. The highest BCUT2D eigenvalue weighted by atomic mass is 16.4. The normalized spacial score (nSPS) is 18.5. The van der Waals surface area contributed by atoms with Crippen LogP contribution in [0.3, 0.4) is 0 Å². The third-order valence-corrected chi connectivity index (χ3v) is 3.27. The van der Waals surface area contributed by atoms with Crippen LogP contribution in [-0.4, -0.2) is 34.5 Å². The first-order chi connectivity index (χ1) is 8.97. The Hall–Kier alpha value is -2.04. The highest BCUT2D eigenvalue weighted by molar-refractivity contribution is 5.86. The summed E-state index contributed by atoms with van der Waals surface area (Å²) in [5, 5.41) is 11.9. The predicted octanol–water partition coefficient (Wildman–Crippen LogP) is 1.61. The number of aliphatic carboxylic acids is 1. The van der Waals surface area contributed by atoms with Crippen LogP contribution in [-0.2, 0) is 16.1 Å². The molecule has 2 rings (SSSR count). The number of aryl methyl sites for hydroxylation is 1. The van der Waals surface area contributed by atoms with E-state index in [0.29, 0.717) is 6.54 Å². The van der Waals surface area contributed by atoms with Crippen LogP contribution in [0.4, 0.5) is 5.69 Å². The fourth-order valence-corrected chi connectivity index (χ4v) is 2.27. The molecular weight excluding hydrogens is 244 g/mol. The van der Waals surface area contributed by atoms with Gasteiger partial charge < -0.3 is 15.3 Å². The van der Waals surface area contributed by atoms with Crippen LogP contribution in [0.25, 0.3) is 0 Å². The minimum Gasteiger partial charge on any atom is -0.481 e. The third kappa shape index (κ3) is 3.05. The van der Waals surface area contributed by atoms with Gasteiger partial charge in [0.1, 0.15) is 6.04 Å². The second-order valence-electron chi connectivity index (χ2n) is 4.93. The average molecular weight is 262 g/mol. The second kappa shape index (κ2) is 5.30. The summed E-state index contributed by atoms with van der Waals surface area (Å²) in [4.78, 5) is 24.5. The van der Waals surface area contributed by atoms with E-state index in [-0.39, 0.29) is 24.9 Å². The summed E-state index contributed by atoms with van der Waals surface area (Å²) in [5.74, 6) is -0.947. The Morgan fingerprint density at radius 2 is 2.26 bits per heavy atom. The van der Waals surface area contributed by atoms with Gasteiger partial charge in [0.05, 0.1) is 6.42 Å². The lowest BCUT2D eigenvalue weighted by molar-refractivity contribution is -0.138. The lowest BCUT2D eigenvalue weighted by atomic mass is 10.1. The topological polar surface area (TPSA) is 69.6 Å². The van der Waals surface area contributed by atoms with Crippen molar-refractivity contribution in [2.75, 3.05) is 11.9 Å². The van der Waals surface area contributed by atoms with Crippen molar-refractivity contribution in [3.8, 4) is 0 Å². The van der Waals surface area contributed by atoms with E-state index in [9.17, 15) is 9.59 Å². The minimum atomic E-state index is -0.887. The first kappa shape index (κ1) is 13.4. The summed E-state index contributed by atoms with van der Waals surface area (Å²) in [6, 6.07) is 5.66. The number of nitrogens with zero attached hydrogens (tertiary/aromatic N) is 1. The molecule has 1 aromatic rings. The molecule has 0 fully saturated rings. The predicted molar refractivity (Wildman–Crippen MR) is 71.9 cm³/mol. The highest BCUT2D eigenvalue weighted by Crippen LogP contribution is 2.24. The zero-order valence-corrected chi connectivity index (χ0v) is 11.1. The number of carbonyl (C=O) groups is 2. The molecule has 2 N–H and O–H groups in total. The van der Waals surface area contributed by atoms with Crippen molar-refractivity contribution in [2.45, 2.75) is 32.9 Å². The molecular formula is C14H18N2O3. The lowest BCUT2D eigenvalue weighted by Gasteiger charge is -2.22. The van der Waals surface area contributed by atoms with E-state index in [1.54, 1.807) is 11.8 Å². The number of fused-ring (bicyclic) bond motifs is 1. The number of carbonyl (C=O) groups excluding carboxylic acids is 1. The molecule has 1 unspecified atom stereocenters. The molecule has 0 aromatic heterocycles. The standard InChI is InChI=1S/C14H18N2O3/c1-9-3-4-12-11(7-9)8-16(6-5-13(17)18)14(19)10(2)15-12/h3-4,7,10,15H,5-6,8H2,1-2H3,(H,17,18). The van der Waals surface area contributed by atoms with E-state index in [0.717, 1.165) is 16.8 Å². The zero-order valence-electron chi connectivity index (χ0n) is 11.1. The van der Waals surface area contributed by atoms with E-state index < -0.39 is 5.97 Å². The van der Waals surface area contributed by atoms with E-state index in [2.05, 4.69) is 5.32 Å². The van der Waals surface area contributed by atoms with E-state index in [1.165, 1.54) is 0 Å². The number of carboxylic acids is 1. The molecule has 1 aliphatic heterocycles. The van der Waals surface area contributed by atoms with Gasteiger partial charge in [0.2, 0.25) is 5.91 Å². The summed E-state index contributed by atoms with van der Waals surface area (Å²) < 4.78 is 0. The van der Waals surface area contributed by atoms with Crippen molar-refractivity contribution in [3.05, 3.63) is 29.3 Å². The van der Waals surface area contributed by atoms with Crippen LogP contribution in [0.5, 0.6) is 0 Å². The van der Waals surface area contributed by atoms with Gasteiger partial charge in [0.15, 0.2) is 0 Å². The van der Waals surface area contributed by atoms with Crippen LogP contribution in [0.15, 0.2) is 18.2 Å². The van der Waals surface area contributed by atoms with Gasteiger partial charge in [0.25, 0.3) is 0 Å². The Labute approximate surface area is 112 Å². The number of anilines is 1. The Morgan fingerprint density at radius 1 is 1.53 bits per heavy atom. The first-order valence-electron chi connectivity index (χ1n) is 6.34. The van der Waals surface area contributed by atoms with Crippen molar-refractivity contribution < 1.29 is 14.7 Å². The number of amides is 1. The van der Waals surface area contributed by atoms with Gasteiger partial charge in [0, 0.05) is 18.8 Å². The molecule has 0 radical (unpaired) electrons. The molecule has 102 valence electrons. The molecule has 1 aromatic carbocycles. The summed E-state index contributed by atoms with van der Waals surface area (Å²) in [6.45, 7) is 4.50. The van der Waals surface area contributed by atoms with Crippen LogP contribution < -0.4 is 5.32 Å². The van der Waals surface area contributed by atoms with Crippen LogP contribution in [0.1, 0.15) is 24.5 Å². The minimum absolute atomic E-state index is 0.0282. The van der Waals surface area contributed by atoms with Gasteiger partial charge in [-0.3, -0.25) is 9.59 Å². The van der Waals surface area contributed by atoms with E-state index >= 15 is 0 Å². The molecule has 0 saturated heterocycles. The maximum atomic E-state index is 12.2. The molecule has 0 aliphatic carbocycles. The second-order valence-corrected chi connectivity index (χ2v) is 4.93. The number of hydrogen-bond acceptors (Lipinski definition) is 3. The van der Waals surface area contributed by atoms with Gasteiger partial charge in [-0.05, 0) is 25.5 Å². The number of benzene rings is 1. The van der Waals surface area contributed by atoms with Gasteiger partial charge >= 0.3 is 5.97 Å². The molecule has 1 amide bonds. The number of nitrogens with one attached hydrogen (secondary N) is 1. The Morgan fingerprint density at radius 3 is 2.95 bits per heavy atom. The molecule has 5 heteroatoms. The molecule has 5 nitrogen and oxygen atoms in total. The maximum Gasteiger partial charge on any atom is 0.305 e. The monoisotopic (exact) mass is 262 g/mol. The molecule has 1 atom stereocenters. The molecule has 1 aliphatic rings. The van der Waals surface area contributed by atoms with Crippen LogP contribution in [0, 0.1) is 6.92 Å². The Balaban J connectivity index is 2.25. The molecule has 0 saturated carbocycles. The summed E-state index contributed by atoms with van der Waals surface area (Å²) in [7, 11) is 0. The van der Waals surface area contributed by atoms with Crippen molar-refractivity contribution in [3.63, 3.8) is 0 Å². The van der Waals surface area contributed by atoms with Crippen molar-refractivity contribution >= 4 is 17.6 Å². The zero-order chi connectivity index (χ0) is 14.0. The van der Waals surface area contributed by atoms with Gasteiger partial charge in [-0.15, -0.1) is 0 Å². The SMILES string of the molecule is Cc1ccc2c(c1)CN(CCC(=O)O)C(=O)C(C)N2. The van der Waals surface area contributed by atoms with E-state index in [4.69, 9.17) is 5.11 Å². The van der Waals surface area contributed by atoms with E-state index in [1.807, 2.05) is 25.1 Å². The summed E-state index contributed by atoms with van der Waals surface area (Å²) in [5.41, 5.74) is 3.10. The van der Waals surface area contributed by atoms with Gasteiger partial charge in [-0.25, -0.2) is 0 Å². The fraction of sp³-hybridized carbons (Fsp3) is 0.429. The quantitative estimate of drug-likeness (QED) is 0.868. The first-order valence-corrected chi connectivity index (χ1v) is 6.34. The smallest absolute Gasteiger partial charge is 0.305 e. The Kier molecular flexibility index (Phi) is 3.74. The van der Waals surface area contributed by atoms with Gasteiger partial charge in [-0.1, -0.05) is 17.7 Å². The third-order valence-electron chi connectivity index (χ3n) is 3.27. The summed E-state index contributed by atoms with van der Waals surface area (Å²) in [6.07, 6.45) is -0.0282. The van der Waals surface area contributed by atoms with Crippen molar-refractivity contribution in [1.29, 1.82) is 0 Å².